The monoisotopic (exact) mass is 248 g/mol. The normalized spacial score (nSPS) is 24.8. The fraction of sp³-hybridized carbons (Fsp3) is 0.500. The van der Waals surface area contributed by atoms with Crippen molar-refractivity contribution in [3.05, 3.63) is 35.9 Å². The molecule has 4 nitrogen and oxygen atoms in total. The minimum Gasteiger partial charge on any atom is -0.373 e. The molecular formula is C14H20N2O2. The topological polar surface area (TPSA) is 41.6 Å². The molecule has 0 aromatic heterocycles. The van der Waals surface area contributed by atoms with Crippen LogP contribution in [0.3, 0.4) is 0 Å². The zero-order valence-corrected chi connectivity index (χ0v) is 10.9. The van der Waals surface area contributed by atoms with Crippen LogP contribution in [0.5, 0.6) is 0 Å². The highest BCUT2D eigenvalue weighted by molar-refractivity contribution is 5.72. The third-order valence-electron chi connectivity index (χ3n) is 3.30. The summed E-state index contributed by atoms with van der Waals surface area (Å²) in [4.78, 5) is 13.3. The van der Waals surface area contributed by atoms with Gasteiger partial charge in [0, 0.05) is 20.0 Å². The van der Waals surface area contributed by atoms with E-state index in [4.69, 9.17) is 4.74 Å². The Hall–Kier alpha value is -1.39. The van der Waals surface area contributed by atoms with E-state index in [2.05, 4.69) is 29.4 Å². The van der Waals surface area contributed by atoms with E-state index in [1.165, 1.54) is 12.5 Å². The first-order valence-corrected chi connectivity index (χ1v) is 6.29. The molecule has 1 aliphatic rings. The maximum atomic E-state index is 11.0. The van der Waals surface area contributed by atoms with Crippen molar-refractivity contribution >= 4 is 5.91 Å². The molecule has 1 heterocycles. The lowest BCUT2D eigenvalue weighted by Gasteiger charge is -2.39. The molecule has 18 heavy (non-hydrogen) atoms. The zero-order valence-electron chi connectivity index (χ0n) is 10.9. The maximum Gasteiger partial charge on any atom is 0.216 e. The van der Waals surface area contributed by atoms with Crippen LogP contribution in [0.25, 0.3) is 0 Å². The van der Waals surface area contributed by atoms with Gasteiger partial charge in [0.25, 0.3) is 0 Å². The molecule has 0 bridgehead atoms. The Morgan fingerprint density at radius 2 is 2.17 bits per heavy atom. The Labute approximate surface area is 108 Å². The number of nitrogens with zero attached hydrogens (tertiary/aromatic N) is 1. The van der Waals surface area contributed by atoms with Crippen molar-refractivity contribution in [1.82, 2.24) is 10.2 Å². The highest BCUT2D eigenvalue weighted by Crippen LogP contribution is 2.27. The predicted octanol–water partition coefficient (Wildman–Crippen LogP) is 1.19. The molecular weight excluding hydrogens is 228 g/mol. The molecule has 1 fully saturated rings. The Morgan fingerprint density at radius 3 is 2.83 bits per heavy atom. The van der Waals surface area contributed by atoms with E-state index in [0.29, 0.717) is 13.2 Å². The van der Waals surface area contributed by atoms with Crippen LogP contribution < -0.4 is 5.32 Å². The van der Waals surface area contributed by atoms with E-state index in [9.17, 15) is 4.79 Å². The number of hydrogen-bond donors (Lipinski definition) is 1. The van der Waals surface area contributed by atoms with E-state index >= 15 is 0 Å². The molecule has 2 rings (SSSR count). The summed E-state index contributed by atoms with van der Waals surface area (Å²) in [5.41, 5.74) is 1.23. The predicted molar refractivity (Wildman–Crippen MR) is 70.2 cm³/mol. The number of morpholine rings is 1. The van der Waals surface area contributed by atoms with Crippen LogP contribution >= 0.6 is 0 Å². The van der Waals surface area contributed by atoms with Gasteiger partial charge in [-0.2, -0.15) is 0 Å². The number of carbonyl (C=O) groups is 1. The number of benzene rings is 1. The second-order valence-corrected chi connectivity index (χ2v) is 4.68. The van der Waals surface area contributed by atoms with Gasteiger partial charge in [-0.1, -0.05) is 30.3 Å². The molecule has 4 heteroatoms. The van der Waals surface area contributed by atoms with Crippen LogP contribution in [0.1, 0.15) is 18.5 Å². The summed E-state index contributed by atoms with van der Waals surface area (Å²) in [7, 11) is 2.10. The lowest BCUT2D eigenvalue weighted by atomic mass is 9.98. The molecule has 0 radical (unpaired) electrons. The fourth-order valence-electron chi connectivity index (χ4n) is 2.40. The van der Waals surface area contributed by atoms with Gasteiger partial charge >= 0.3 is 0 Å². The highest BCUT2D eigenvalue weighted by Gasteiger charge is 2.31. The summed E-state index contributed by atoms with van der Waals surface area (Å²) < 4.78 is 5.81. The van der Waals surface area contributed by atoms with Crippen LogP contribution in [0.15, 0.2) is 30.3 Å². The summed E-state index contributed by atoms with van der Waals surface area (Å²) in [5, 5.41) is 2.84. The first-order chi connectivity index (χ1) is 8.68. The van der Waals surface area contributed by atoms with Crippen LogP contribution in [-0.2, 0) is 9.53 Å². The molecule has 0 spiro atoms. The molecule has 1 aliphatic heterocycles. The molecule has 0 saturated carbocycles. The van der Waals surface area contributed by atoms with Crippen molar-refractivity contribution in [1.29, 1.82) is 0 Å². The second-order valence-electron chi connectivity index (χ2n) is 4.68. The van der Waals surface area contributed by atoms with Gasteiger partial charge in [0.1, 0.15) is 0 Å². The summed E-state index contributed by atoms with van der Waals surface area (Å²) in [6.45, 7) is 3.71. The van der Waals surface area contributed by atoms with Crippen molar-refractivity contribution in [3.63, 3.8) is 0 Å². The van der Waals surface area contributed by atoms with Gasteiger partial charge in [0.2, 0.25) is 5.91 Å². The summed E-state index contributed by atoms with van der Waals surface area (Å²) in [6.07, 6.45) is 0.00931. The molecule has 0 aliphatic carbocycles. The van der Waals surface area contributed by atoms with Crippen LogP contribution in [-0.4, -0.2) is 43.7 Å². The lowest BCUT2D eigenvalue weighted by Crippen LogP contribution is -2.48. The number of hydrogen-bond acceptors (Lipinski definition) is 3. The fourth-order valence-corrected chi connectivity index (χ4v) is 2.40. The van der Waals surface area contributed by atoms with Gasteiger partial charge in [0.05, 0.1) is 18.8 Å². The smallest absolute Gasteiger partial charge is 0.216 e. The third kappa shape index (κ3) is 3.09. The Bertz CT molecular complexity index is 394. The van der Waals surface area contributed by atoms with Crippen molar-refractivity contribution in [2.24, 2.45) is 0 Å². The minimum absolute atomic E-state index is 0.00931. The van der Waals surface area contributed by atoms with E-state index in [0.717, 1.165) is 6.54 Å². The van der Waals surface area contributed by atoms with Crippen LogP contribution in [0.4, 0.5) is 0 Å². The Kier molecular flexibility index (Phi) is 4.33. The summed E-state index contributed by atoms with van der Waals surface area (Å²) in [5.74, 6) is -0.0151. The first kappa shape index (κ1) is 13.1. The minimum atomic E-state index is -0.0151. The Balaban J connectivity index is 2.13. The van der Waals surface area contributed by atoms with E-state index < -0.39 is 0 Å². The third-order valence-corrected chi connectivity index (χ3v) is 3.30. The number of carbonyl (C=O) groups excluding carboxylic acids is 1. The lowest BCUT2D eigenvalue weighted by molar-refractivity contribution is -0.121. The maximum absolute atomic E-state index is 11.0. The van der Waals surface area contributed by atoms with Crippen LogP contribution in [0, 0.1) is 0 Å². The molecule has 0 unspecified atom stereocenters. The second kappa shape index (κ2) is 5.98. The van der Waals surface area contributed by atoms with Gasteiger partial charge in [-0.15, -0.1) is 0 Å². The molecule has 2 atom stereocenters. The van der Waals surface area contributed by atoms with Gasteiger partial charge in [-0.05, 0) is 12.6 Å². The average Bonchev–Trinajstić information content (AvgIpc) is 2.37. The van der Waals surface area contributed by atoms with E-state index in [-0.39, 0.29) is 18.1 Å². The number of likely N-dealkylation sites (N-methyl/N-ethyl adjacent to an activating group) is 1. The molecule has 1 amide bonds. The number of amides is 1. The van der Waals surface area contributed by atoms with Gasteiger partial charge in [-0.3, -0.25) is 9.69 Å². The number of rotatable bonds is 3. The van der Waals surface area contributed by atoms with Gasteiger partial charge < -0.3 is 10.1 Å². The zero-order chi connectivity index (χ0) is 13.0. The van der Waals surface area contributed by atoms with Crippen molar-refractivity contribution in [2.75, 3.05) is 26.7 Å². The van der Waals surface area contributed by atoms with Crippen LogP contribution in [0.2, 0.25) is 0 Å². The number of ether oxygens (including phenoxy) is 1. The van der Waals surface area contributed by atoms with Crippen molar-refractivity contribution in [3.8, 4) is 0 Å². The molecule has 1 aromatic rings. The standard InChI is InChI=1S/C14H20N2O2/c1-11(17)15-10-13-14(16(2)8-9-18-13)12-6-4-3-5-7-12/h3-7,13-14H,8-10H2,1-2H3,(H,15,17)/t13-,14-/m0/s1. The van der Waals surface area contributed by atoms with Gasteiger partial charge in [-0.25, -0.2) is 0 Å². The van der Waals surface area contributed by atoms with Crippen molar-refractivity contribution in [2.45, 2.75) is 19.1 Å². The molecule has 1 N–H and O–H groups in total. The quantitative estimate of drug-likeness (QED) is 0.873. The first-order valence-electron chi connectivity index (χ1n) is 6.29. The van der Waals surface area contributed by atoms with E-state index in [1.807, 2.05) is 18.2 Å². The molecule has 1 aromatic carbocycles. The molecule has 1 saturated heterocycles. The van der Waals surface area contributed by atoms with Gasteiger partial charge in [0.15, 0.2) is 0 Å². The average molecular weight is 248 g/mol. The highest BCUT2D eigenvalue weighted by atomic mass is 16.5. The SMILES string of the molecule is CC(=O)NC[C@@H]1OCCN(C)[C@H]1c1ccccc1. The largest absolute Gasteiger partial charge is 0.373 e. The Morgan fingerprint density at radius 1 is 1.44 bits per heavy atom. The summed E-state index contributed by atoms with van der Waals surface area (Å²) >= 11 is 0. The van der Waals surface area contributed by atoms with E-state index in [1.54, 1.807) is 0 Å². The molecule has 98 valence electrons. The number of nitrogens with one attached hydrogen (secondary N) is 1. The van der Waals surface area contributed by atoms with Crippen molar-refractivity contribution < 1.29 is 9.53 Å². The summed E-state index contributed by atoms with van der Waals surface area (Å²) in [6, 6.07) is 10.5.